The second kappa shape index (κ2) is 4.89. The molecule has 0 aromatic heterocycles. The van der Waals surface area contributed by atoms with E-state index in [1.165, 1.54) is 12.1 Å². The van der Waals surface area contributed by atoms with Crippen molar-refractivity contribution in [3.05, 3.63) is 30.1 Å². The summed E-state index contributed by atoms with van der Waals surface area (Å²) in [7, 11) is 0. The molecule has 1 saturated carbocycles. The molecule has 1 aliphatic carbocycles. The molecule has 1 saturated heterocycles. The highest BCUT2D eigenvalue weighted by molar-refractivity contribution is 6.13. The van der Waals surface area contributed by atoms with Crippen LogP contribution in [0, 0.1) is 11.2 Å². The van der Waals surface area contributed by atoms with Crippen LogP contribution >= 0.6 is 0 Å². The maximum absolute atomic E-state index is 13.6. The van der Waals surface area contributed by atoms with Crippen LogP contribution in [-0.2, 0) is 9.59 Å². The van der Waals surface area contributed by atoms with E-state index >= 15 is 0 Å². The van der Waals surface area contributed by atoms with Crippen LogP contribution in [0.5, 0.6) is 0 Å². The van der Waals surface area contributed by atoms with Gasteiger partial charge in [0.2, 0.25) is 11.8 Å². The number of hydrogen-bond donors (Lipinski definition) is 1. The normalized spacial score (nSPS) is 19.8. The van der Waals surface area contributed by atoms with Gasteiger partial charge in [-0.15, -0.1) is 0 Å². The van der Waals surface area contributed by atoms with Gasteiger partial charge in [-0.3, -0.25) is 9.59 Å². The molecule has 4 nitrogen and oxygen atoms in total. The Kier molecular flexibility index (Phi) is 3.20. The number of hydrogen-bond acceptors (Lipinski definition) is 2. The molecule has 2 fully saturated rings. The zero-order valence-electron chi connectivity index (χ0n) is 11.2. The molecule has 106 valence electrons. The molecule has 0 radical (unpaired) electrons. The minimum atomic E-state index is -0.952. The standard InChI is InChI=1S/C15H17FN2O2/c16-11-5-1-2-6-12(11)17-13(19)15(7-8-15)14(20)18-9-3-4-10-18/h1-2,5-6H,3-4,7-10H2,(H,17,19). The van der Waals surface area contributed by atoms with E-state index < -0.39 is 11.2 Å². The van der Waals surface area contributed by atoms with Crippen molar-refractivity contribution >= 4 is 17.5 Å². The summed E-state index contributed by atoms with van der Waals surface area (Å²) in [6.45, 7) is 1.46. The highest BCUT2D eigenvalue weighted by Crippen LogP contribution is 2.48. The zero-order chi connectivity index (χ0) is 14.2. The Morgan fingerprint density at radius 2 is 1.80 bits per heavy atom. The van der Waals surface area contributed by atoms with Gasteiger partial charge in [0.1, 0.15) is 11.2 Å². The number of benzene rings is 1. The lowest BCUT2D eigenvalue weighted by molar-refractivity contribution is -0.141. The van der Waals surface area contributed by atoms with Crippen molar-refractivity contribution in [1.29, 1.82) is 0 Å². The molecule has 3 rings (SSSR count). The highest BCUT2D eigenvalue weighted by Gasteiger charge is 2.58. The Balaban J connectivity index is 1.73. The highest BCUT2D eigenvalue weighted by atomic mass is 19.1. The maximum atomic E-state index is 13.6. The number of halogens is 1. The van der Waals surface area contributed by atoms with Gasteiger partial charge in [-0.2, -0.15) is 0 Å². The second-order valence-electron chi connectivity index (χ2n) is 5.52. The van der Waals surface area contributed by atoms with Gasteiger partial charge in [0.15, 0.2) is 0 Å². The Labute approximate surface area is 117 Å². The van der Waals surface area contributed by atoms with Crippen molar-refractivity contribution in [3.63, 3.8) is 0 Å². The fourth-order valence-electron chi connectivity index (χ4n) is 2.69. The number of carbonyl (C=O) groups is 2. The molecule has 2 aliphatic rings. The topological polar surface area (TPSA) is 49.4 Å². The number of amides is 2. The molecule has 5 heteroatoms. The van der Waals surface area contributed by atoms with E-state index in [0.29, 0.717) is 12.8 Å². The molecule has 2 amide bonds. The first-order valence-electron chi connectivity index (χ1n) is 6.99. The summed E-state index contributed by atoms with van der Waals surface area (Å²) in [4.78, 5) is 26.5. The Hall–Kier alpha value is -1.91. The van der Waals surface area contributed by atoms with E-state index in [2.05, 4.69) is 5.32 Å². The van der Waals surface area contributed by atoms with Gasteiger partial charge in [-0.1, -0.05) is 12.1 Å². The zero-order valence-corrected chi connectivity index (χ0v) is 11.2. The fourth-order valence-corrected chi connectivity index (χ4v) is 2.69. The average molecular weight is 276 g/mol. The van der Waals surface area contributed by atoms with Gasteiger partial charge in [-0.25, -0.2) is 4.39 Å². The molecule has 0 atom stereocenters. The van der Waals surface area contributed by atoms with Crippen LogP contribution in [0.4, 0.5) is 10.1 Å². The third-order valence-corrected chi connectivity index (χ3v) is 4.11. The number of carbonyl (C=O) groups excluding carboxylic acids is 2. The van der Waals surface area contributed by atoms with Crippen LogP contribution in [0.2, 0.25) is 0 Å². The minimum absolute atomic E-state index is 0.0937. The molecular formula is C15H17FN2O2. The quantitative estimate of drug-likeness (QED) is 0.860. The number of likely N-dealkylation sites (tertiary alicyclic amines) is 1. The Morgan fingerprint density at radius 3 is 2.40 bits per heavy atom. The maximum Gasteiger partial charge on any atom is 0.240 e. The van der Waals surface area contributed by atoms with Crippen LogP contribution < -0.4 is 5.32 Å². The third kappa shape index (κ3) is 2.17. The van der Waals surface area contributed by atoms with E-state index in [-0.39, 0.29) is 17.5 Å². The predicted octanol–water partition coefficient (Wildman–Crippen LogP) is 2.17. The van der Waals surface area contributed by atoms with Crippen molar-refractivity contribution in [3.8, 4) is 0 Å². The molecule has 1 aromatic rings. The fraction of sp³-hybridized carbons (Fsp3) is 0.467. The van der Waals surface area contributed by atoms with E-state index in [1.807, 2.05) is 0 Å². The van der Waals surface area contributed by atoms with Crippen LogP contribution in [-0.4, -0.2) is 29.8 Å². The summed E-state index contributed by atoms with van der Waals surface area (Å²) >= 11 is 0. The van der Waals surface area contributed by atoms with Gasteiger partial charge < -0.3 is 10.2 Å². The molecule has 0 spiro atoms. The van der Waals surface area contributed by atoms with Crippen molar-refractivity contribution < 1.29 is 14.0 Å². The van der Waals surface area contributed by atoms with Crippen molar-refractivity contribution in [1.82, 2.24) is 4.90 Å². The molecule has 1 aromatic carbocycles. The lowest BCUT2D eigenvalue weighted by atomic mass is 10.0. The van der Waals surface area contributed by atoms with Crippen molar-refractivity contribution in [2.45, 2.75) is 25.7 Å². The van der Waals surface area contributed by atoms with E-state index in [1.54, 1.807) is 17.0 Å². The first-order chi connectivity index (χ1) is 9.63. The predicted molar refractivity (Wildman–Crippen MR) is 72.5 cm³/mol. The van der Waals surface area contributed by atoms with E-state index in [4.69, 9.17) is 0 Å². The van der Waals surface area contributed by atoms with Crippen LogP contribution in [0.25, 0.3) is 0 Å². The summed E-state index contributed by atoms with van der Waals surface area (Å²) in [5.74, 6) is -0.950. The smallest absolute Gasteiger partial charge is 0.240 e. The molecule has 0 unspecified atom stereocenters. The molecule has 1 aliphatic heterocycles. The largest absolute Gasteiger partial charge is 0.342 e. The number of nitrogens with zero attached hydrogens (tertiary/aromatic N) is 1. The van der Waals surface area contributed by atoms with E-state index in [0.717, 1.165) is 25.9 Å². The van der Waals surface area contributed by atoms with Crippen LogP contribution in [0.3, 0.4) is 0 Å². The molecule has 1 N–H and O–H groups in total. The Morgan fingerprint density at radius 1 is 1.15 bits per heavy atom. The van der Waals surface area contributed by atoms with Crippen molar-refractivity contribution in [2.24, 2.45) is 5.41 Å². The molecule has 20 heavy (non-hydrogen) atoms. The van der Waals surface area contributed by atoms with Gasteiger partial charge in [0.25, 0.3) is 0 Å². The number of anilines is 1. The van der Waals surface area contributed by atoms with Crippen LogP contribution in [0.15, 0.2) is 24.3 Å². The number of nitrogens with one attached hydrogen (secondary N) is 1. The number of rotatable bonds is 3. The molecular weight excluding hydrogens is 259 g/mol. The summed E-state index contributed by atoms with van der Waals surface area (Å²) in [6.07, 6.45) is 3.11. The van der Waals surface area contributed by atoms with Crippen LogP contribution in [0.1, 0.15) is 25.7 Å². The summed E-state index contributed by atoms with van der Waals surface area (Å²) in [5.41, 5.74) is -0.815. The Bertz CT molecular complexity index is 549. The number of para-hydroxylation sites is 1. The average Bonchev–Trinajstić information content (AvgIpc) is 3.08. The lowest BCUT2D eigenvalue weighted by Crippen LogP contribution is -2.41. The summed E-state index contributed by atoms with van der Waals surface area (Å²) < 4.78 is 13.6. The monoisotopic (exact) mass is 276 g/mol. The second-order valence-corrected chi connectivity index (χ2v) is 5.52. The first kappa shape index (κ1) is 13.1. The molecule has 1 heterocycles. The SMILES string of the molecule is O=C(Nc1ccccc1F)C1(C(=O)N2CCCC2)CC1. The van der Waals surface area contributed by atoms with Gasteiger partial charge in [-0.05, 0) is 37.8 Å². The lowest BCUT2D eigenvalue weighted by Gasteiger charge is -2.22. The summed E-state index contributed by atoms with van der Waals surface area (Å²) in [6, 6.07) is 6.01. The first-order valence-corrected chi connectivity index (χ1v) is 6.99. The minimum Gasteiger partial charge on any atom is -0.342 e. The molecule has 0 bridgehead atoms. The summed E-state index contributed by atoms with van der Waals surface area (Å²) in [5, 5.41) is 2.56. The van der Waals surface area contributed by atoms with Gasteiger partial charge in [0.05, 0.1) is 5.69 Å². The van der Waals surface area contributed by atoms with Crippen molar-refractivity contribution in [2.75, 3.05) is 18.4 Å². The third-order valence-electron chi connectivity index (χ3n) is 4.11. The van der Waals surface area contributed by atoms with E-state index in [9.17, 15) is 14.0 Å². The van der Waals surface area contributed by atoms with Gasteiger partial charge >= 0.3 is 0 Å². The van der Waals surface area contributed by atoms with Gasteiger partial charge in [0, 0.05) is 13.1 Å².